The highest BCUT2D eigenvalue weighted by atomic mass is 35.5. The Morgan fingerprint density at radius 2 is 2.15 bits per heavy atom. The maximum Gasteiger partial charge on any atom is 0.307 e. The number of hydrogen-bond donors (Lipinski definition) is 2. The average molecular weight is 320 g/mol. The highest BCUT2D eigenvalue weighted by Crippen LogP contribution is 2.22. The largest absolute Gasteiger partial charge is 0.497 e. The summed E-state index contributed by atoms with van der Waals surface area (Å²) in [6, 6.07) is 4.10. The maximum atomic E-state index is 12.1. The van der Waals surface area contributed by atoms with Crippen molar-refractivity contribution < 1.29 is 23.1 Å². The monoisotopic (exact) mass is 319 g/mol. The van der Waals surface area contributed by atoms with Crippen molar-refractivity contribution in [1.82, 2.24) is 4.72 Å². The van der Waals surface area contributed by atoms with Crippen molar-refractivity contribution in [3.63, 3.8) is 0 Å². The topological polar surface area (TPSA) is 92.7 Å². The molecule has 8 heteroatoms. The predicted octanol–water partition coefficient (Wildman–Crippen LogP) is 1.35. The number of methoxy groups -OCH3 is 1. The second-order valence-corrected chi connectivity index (χ2v) is 6.16. The summed E-state index contributed by atoms with van der Waals surface area (Å²) in [4.78, 5) is 10.7. The van der Waals surface area contributed by atoms with Gasteiger partial charge in [-0.25, -0.2) is 13.1 Å². The van der Waals surface area contributed by atoms with Gasteiger partial charge < -0.3 is 9.84 Å². The van der Waals surface area contributed by atoms with E-state index in [-0.39, 0.29) is 22.0 Å². The van der Waals surface area contributed by atoms with Gasteiger partial charge in [-0.2, -0.15) is 0 Å². The molecule has 0 aliphatic rings. The molecule has 0 fully saturated rings. The van der Waals surface area contributed by atoms with E-state index in [1.54, 1.807) is 0 Å². The summed E-state index contributed by atoms with van der Waals surface area (Å²) in [6.07, 6.45) is -0.435. The number of benzene rings is 1. The Balaban J connectivity index is 3.21. The number of carboxylic acid groups (broad SMARTS) is 1. The number of rotatable bonds is 7. The van der Waals surface area contributed by atoms with E-state index in [9.17, 15) is 13.2 Å². The molecule has 0 saturated heterocycles. The first kappa shape index (κ1) is 16.5. The Kier molecular flexibility index (Phi) is 5.55. The van der Waals surface area contributed by atoms with Crippen LogP contribution in [0.3, 0.4) is 0 Å². The third-order valence-corrected chi connectivity index (χ3v) is 3.99. The minimum Gasteiger partial charge on any atom is -0.497 e. The van der Waals surface area contributed by atoms with E-state index >= 15 is 0 Å². The molecule has 6 nitrogen and oxygen atoms in total. The Labute approximate surface area is 122 Å². The van der Waals surface area contributed by atoms with Gasteiger partial charge in [-0.05, 0) is 23.8 Å². The minimum absolute atomic E-state index is 0.126. The lowest BCUT2D eigenvalue weighted by molar-refractivity contribution is -0.136. The molecule has 0 atom stereocenters. The van der Waals surface area contributed by atoms with Crippen LogP contribution in [0.1, 0.15) is 5.56 Å². The van der Waals surface area contributed by atoms with Crippen LogP contribution in [0.2, 0.25) is 0 Å². The van der Waals surface area contributed by atoms with Crippen molar-refractivity contribution in [3.05, 3.63) is 35.4 Å². The van der Waals surface area contributed by atoms with Crippen molar-refractivity contribution in [2.24, 2.45) is 0 Å². The highest BCUT2D eigenvalue weighted by molar-refractivity contribution is 7.89. The highest BCUT2D eigenvalue weighted by Gasteiger charge is 2.20. The van der Waals surface area contributed by atoms with Gasteiger partial charge in [0, 0.05) is 11.6 Å². The fraction of sp³-hybridized carbons (Fsp3) is 0.250. The van der Waals surface area contributed by atoms with Crippen LogP contribution < -0.4 is 9.46 Å². The Morgan fingerprint density at radius 1 is 1.50 bits per heavy atom. The van der Waals surface area contributed by atoms with Gasteiger partial charge in [0.2, 0.25) is 10.0 Å². The van der Waals surface area contributed by atoms with E-state index in [4.69, 9.17) is 21.4 Å². The molecular formula is C12H14ClNO5S. The van der Waals surface area contributed by atoms with E-state index < -0.39 is 22.4 Å². The summed E-state index contributed by atoms with van der Waals surface area (Å²) < 4.78 is 31.4. The van der Waals surface area contributed by atoms with Crippen molar-refractivity contribution >= 4 is 27.6 Å². The number of ether oxygens (including phenoxy) is 1. The van der Waals surface area contributed by atoms with Gasteiger partial charge in [0.15, 0.2) is 0 Å². The fourth-order valence-electron chi connectivity index (χ4n) is 1.50. The quantitative estimate of drug-likeness (QED) is 0.791. The van der Waals surface area contributed by atoms with Crippen LogP contribution in [0, 0.1) is 0 Å². The molecule has 1 aromatic carbocycles. The summed E-state index contributed by atoms with van der Waals surface area (Å²) in [7, 11) is -2.46. The first-order valence-corrected chi connectivity index (χ1v) is 7.34. The molecule has 110 valence electrons. The van der Waals surface area contributed by atoms with Crippen LogP contribution in [0.5, 0.6) is 5.75 Å². The Hall–Kier alpha value is -1.57. The number of carbonyl (C=O) groups is 1. The van der Waals surface area contributed by atoms with Gasteiger partial charge >= 0.3 is 5.97 Å². The van der Waals surface area contributed by atoms with E-state index in [1.807, 2.05) is 0 Å². The lowest BCUT2D eigenvalue weighted by Gasteiger charge is -2.11. The molecule has 0 bridgehead atoms. The first-order chi connectivity index (χ1) is 9.26. The lowest BCUT2D eigenvalue weighted by Crippen LogP contribution is -2.26. The van der Waals surface area contributed by atoms with Crippen molar-refractivity contribution in [2.75, 3.05) is 13.7 Å². The Bertz CT molecular complexity index is 627. The molecule has 1 rings (SSSR count). The molecule has 0 heterocycles. The molecule has 0 saturated carbocycles. The number of carboxylic acids is 1. The number of hydrogen-bond acceptors (Lipinski definition) is 4. The normalized spacial score (nSPS) is 11.1. The number of aliphatic carboxylic acids is 1. The van der Waals surface area contributed by atoms with Crippen LogP contribution in [0.4, 0.5) is 0 Å². The molecular weight excluding hydrogens is 306 g/mol. The van der Waals surface area contributed by atoms with Crippen LogP contribution >= 0.6 is 11.6 Å². The van der Waals surface area contributed by atoms with Crippen molar-refractivity contribution in [3.8, 4) is 5.75 Å². The summed E-state index contributed by atoms with van der Waals surface area (Å²) in [5, 5.41) is 8.97. The molecule has 0 aliphatic heterocycles. The number of sulfonamides is 1. The molecule has 2 N–H and O–H groups in total. The van der Waals surface area contributed by atoms with Gasteiger partial charge in [0.25, 0.3) is 0 Å². The van der Waals surface area contributed by atoms with Gasteiger partial charge in [-0.1, -0.05) is 18.2 Å². The van der Waals surface area contributed by atoms with Gasteiger partial charge in [-0.15, -0.1) is 0 Å². The second-order valence-electron chi connectivity index (χ2n) is 3.89. The van der Waals surface area contributed by atoms with Gasteiger partial charge in [-0.3, -0.25) is 4.79 Å². The van der Waals surface area contributed by atoms with E-state index in [1.165, 1.54) is 25.3 Å². The van der Waals surface area contributed by atoms with Crippen LogP contribution in [-0.4, -0.2) is 33.1 Å². The molecule has 20 heavy (non-hydrogen) atoms. The van der Waals surface area contributed by atoms with E-state index in [0.717, 1.165) is 0 Å². The SMILES string of the molecule is C=C(Cl)CNS(=O)(=O)c1ccc(OC)cc1CC(=O)O. The summed E-state index contributed by atoms with van der Waals surface area (Å²) in [5.74, 6) is -0.765. The molecule has 0 aromatic heterocycles. The van der Waals surface area contributed by atoms with Crippen LogP contribution in [0.15, 0.2) is 34.7 Å². The third-order valence-electron chi connectivity index (χ3n) is 2.35. The average Bonchev–Trinajstić information content (AvgIpc) is 2.35. The van der Waals surface area contributed by atoms with Crippen molar-refractivity contribution in [2.45, 2.75) is 11.3 Å². The first-order valence-electron chi connectivity index (χ1n) is 5.48. The molecule has 0 unspecified atom stereocenters. The summed E-state index contributed by atoms with van der Waals surface area (Å²) in [6.45, 7) is 3.24. The number of nitrogens with one attached hydrogen (secondary N) is 1. The summed E-state index contributed by atoms with van der Waals surface area (Å²) >= 11 is 5.51. The third kappa shape index (κ3) is 4.52. The van der Waals surface area contributed by atoms with Crippen LogP contribution in [-0.2, 0) is 21.2 Å². The van der Waals surface area contributed by atoms with Gasteiger partial charge in [0.05, 0.1) is 18.4 Å². The molecule has 0 aliphatic carbocycles. The predicted molar refractivity (Wildman–Crippen MR) is 74.5 cm³/mol. The smallest absolute Gasteiger partial charge is 0.307 e. The fourth-order valence-corrected chi connectivity index (χ4v) is 2.89. The van der Waals surface area contributed by atoms with E-state index in [2.05, 4.69) is 11.3 Å². The second kappa shape index (κ2) is 6.74. The lowest BCUT2D eigenvalue weighted by atomic mass is 10.1. The molecule has 0 amide bonds. The van der Waals surface area contributed by atoms with Crippen LogP contribution in [0.25, 0.3) is 0 Å². The Morgan fingerprint density at radius 3 is 2.65 bits per heavy atom. The van der Waals surface area contributed by atoms with Crippen molar-refractivity contribution in [1.29, 1.82) is 0 Å². The van der Waals surface area contributed by atoms with Gasteiger partial charge in [0.1, 0.15) is 5.75 Å². The zero-order valence-electron chi connectivity index (χ0n) is 10.7. The summed E-state index contributed by atoms with van der Waals surface area (Å²) in [5.41, 5.74) is 0.129. The molecule has 0 spiro atoms. The number of halogens is 1. The van der Waals surface area contributed by atoms with E-state index in [0.29, 0.717) is 5.75 Å². The zero-order valence-corrected chi connectivity index (χ0v) is 12.3. The standard InChI is InChI=1S/C12H14ClNO5S/c1-8(13)7-14-20(17,18)11-4-3-10(19-2)5-9(11)6-12(15)16/h3-5,14H,1,6-7H2,2H3,(H,15,16). The molecule has 1 aromatic rings. The molecule has 0 radical (unpaired) electrons. The maximum absolute atomic E-state index is 12.1. The minimum atomic E-state index is -3.87. The zero-order chi connectivity index (χ0) is 15.3.